The van der Waals surface area contributed by atoms with Crippen LogP contribution in [0.5, 0.6) is 0 Å². The van der Waals surface area contributed by atoms with Crippen LogP contribution < -0.4 is 16.0 Å². The lowest BCUT2D eigenvalue weighted by molar-refractivity contribution is -0.123. The summed E-state index contributed by atoms with van der Waals surface area (Å²) in [5.41, 5.74) is 1.58. The lowest BCUT2D eigenvalue weighted by atomic mass is 10.0. The van der Waals surface area contributed by atoms with Crippen molar-refractivity contribution in [2.24, 2.45) is 5.92 Å². The molecular weight excluding hydrogens is 361 g/mol. The molecule has 1 heterocycles. The van der Waals surface area contributed by atoms with Crippen molar-refractivity contribution < 1.29 is 9.59 Å². The summed E-state index contributed by atoms with van der Waals surface area (Å²) in [6.45, 7) is 6.09. The molecule has 0 spiro atoms. The van der Waals surface area contributed by atoms with Gasteiger partial charge in [0.2, 0.25) is 5.91 Å². The lowest BCUT2D eigenvalue weighted by Crippen LogP contribution is -2.50. The first-order valence-corrected chi connectivity index (χ1v) is 8.58. The van der Waals surface area contributed by atoms with Gasteiger partial charge in [-0.05, 0) is 31.0 Å². The maximum Gasteiger partial charge on any atom is 0.253 e. The number of nitrogens with one attached hydrogen (secondary N) is 3. The normalized spacial score (nSPS) is 15.0. The van der Waals surface area contributed by atoms with Crippen molar-refractivity contribution >= 4 is 35.8 Å². The molecule has 1 aliphatic rings. The molecule has 0 fully saturated rings. The van der Waals surface area contributed by atoms with E-state index in [0.717, 1.165) is 19.5 Å². The summed E-state index contributed by atoms with van der Waals surface area (Å²) in [4.78, 5) is 24.9. The first-order valence-electron chi connectivity index (χ1n) is 8.20. The van der Waals surface area contributed by atoms with E-state index in [1.165, 1.54) is 5.57 Å². The third-order valence-electron chi connectivity index (χ3n) is 4.00. The average Bonchev–Trinajstić information content (AvgIpc) is 2.58. The molecule has 0 radical (unpaired) electrons. The highest BCUT2D eigenvalue weighted by atomic mass is 35.5. The van der Waals surface area contributed by atoms with Crippen LogP contribution in [0.3, 0.4) is 0 Å². The summed E-state index contributed by atoms with van der Waals surface area (Å²) in [6.07, 6.45) is 3.02. The van der Waals surface area contributed by atoms with Crippen LogP contribution in [0, 0.1) is 5.92 Å². The fourth-order valence-corrected chi connectivity index (χ4v) is 2.76. The summed E-state index contributed by atoms with van der Waals surface area (Å²) in [5.74, 6) is -0.543. The standard InChI is InChI=1S/C18H24ClN3O2.ClH/c1-12(2)16(18(24)21-11-13-7-9-20-10-8-13)22-17(23)14-5-3-4-6-15(14)19;/h3-7,12,16,20H,8-11H2,1-2H3,(H,21,24)(H,22,23);1H. The molecule has 1 atom stereocenters. The zero-order valence-electron chi connectivity index (χ0n) is 14.5. The van der Waals surface area contributed by atoms with Crippen LogP contribution in [0.4, 0.5) is 0 Å². The van der Waals surface area contributed by atoms with E-state index < -0.39 is 6.04 Å². The molecule has 2 rings (SSSR count). The number of carbonyl (C=O) groups excluding carboxylic acids is 2. The Hall–Kier alpha value is -1.56. The van der Waals surface area contributed by atoms with Gasteiger partial charge in [-0.2, -0.15) is 0 Å². The predicted octanol–water partition coefficient (Wildman–Crippen LogP) is 2.55. The maximum absolute atomic E-state index is 12.5. The minimum absolute atomic E-state index is 0. The minimum Gasteiger partial charge on any atom is -0.351 e. The second-order valence-corrected chi connectivity index (χ2v) is 6.62. The van der Waals surface area contributed by atoms with E-state index in [0.29, 0.717) is 17.1 Å². The molecular formula is C18H25Cl2N3O2. The number of halogens is 2. The van der Waals surface area contributed by atoms with Crippen molar-refractivity contribution in [2.75, 3.05) is 19.6 Å². The van der Waals surface area contributed by atoms with E-state index >= 15 is 0 Å². The molecule has 3 N–H and O–H groups in total. The Morgan fingerprint density at radius 1 is 1.28 bits per heavy atom. The Labute approximate surface area is 160 Å². The number of amides is 2. The maximum atomic E-state index is 12.5. The molecule has 25 heavy (non-hydrogen) atoms. The highest BCUT2D eigenvalue weighted by Gasteiger charge is 2.25. The number of carbonyl (C=O) groups is 2. The van der Waals surface area contributed by atoms with Crippen LogP contribution in [-0.2, 0) is 4.79 Å². The zero-order chi connectivity index (χ0) is 17.5. The molecule has 1 aromatic carbocycles. The van der Waals surface area contributed by atoms with Gasteiger partial charge >= 0.3 is 0 Å². The smallest absolute Gasteiger partial charge is 0.253 e. The quantitative estimate of drug-likeness (QED) is 0.659. The third-order valence-corrected chi connectivity index (χ3v) is 4.33. The Kier molecular flexibility index (Phi) is 8.97. The van der Waals surface area contributed by atoms with Crippen molar-refractivity contribution in [2.45, 2.75) is 26.3 Å². The van der Waals surface area contributed by atoms with E-state index in [9.17, 15) is 9.59 Å². The molecule has 5 nitrogen and oxygen atoms in total. The number of hydrogen-bond acceptors (Lipinski definition) is 3. The van der Waals surface area contributed by atoms with Gasteiger partial charge in [0.15, 0.2) is 0 Å². The molecule has 1 unspecified atom stereocenters. The van der Waals surface area contributed by atoms with Gasteiger partial charge in [-0.3, -0.25) is 9.59 Å². The van der Waals surface area contributed by atoms with Gasteiger partial charge in [0, 0.05) is 13.1 Å². The Balaban J connectivity index is 0.00000312. The summed E-state index contributed by atoms with van der Waals surface area (Å²) in [5, 5.41) is 9.32. The molecule has 0 saturated carbocycles. The first-order chi connectivity index (χ1) is 11.5. The summed E-state index contributed by atoms with van der Waals surface area (Å²) < 4.78 is 0. The van der Waals surface area contributed by atoms with E-state index in [-0.39, 0.29) is 30.1 Å². The SMILES string of the molecule is CC(C)C(NC(=O)c1ccccc1Cl)C(=O)NCC1=CCNCC1.Cl. The molecule has 1 aliphatic heterocycles. The van der Waals surface area contributed by atoms with Crippen LogP contribution in [0.15, 0.2) is 35.9 Å². The molecule has 1 aromatic rings. The van der Waals surface area contributed by atoms with Gasteiger partial charge in [0.05, 0.1) is 10.6 Å². The van der Waals surface area contributed by atoms with Gasteiger partial charge in [0.1, 0.15) is 6.04 Å². The summed E-state index contributed by atoms with van der Waals surface area (Å²) >= 11 is 6.05. The van der Waals surface area contributed by atoms with Gasteiger partial charge in [-0.15, -0.1) is 12.4 Å². The van der Waals surface area contributed by atoms with Crippen molar-refractivity contribution in [3.63, 3.8) is 0 Å². The monoisotopic (exact) mass is 385 g/mol. The fourth-order valence-electron chi connectivity index (χ4n) is 2.54. The number of benzene rings is 1. The van der Waals surface area contributed by atoms with Crippen LogP contribution in [0.2, 0.25) is 5.02 Å². The van der Waals surface area contributed by atoms with Gasteiger partial charge < -0.3 is 16.0 Å². The van der Waals surface area contributed by atoms with E-state index in [4.69, 9.17) is 11.6 Å². The van der Waals surface area contributed by atoms with Crippen molar-refractivity contribution in [1.29, 1.82) is 0 Å². The van der Waals surface area contributed by atoms with Crippen LogP contribution in [0.1, 0.15) is 30.6 Å². The summed E-state index contributed by atoms with van der Waals surface area (Å²) in [6, 6.07) is 6.21. The number of rotatable bonds is 6. The topological polar surface area (TPSA) is 70.2 Å². The van der Waals surface area contributed by atoms with Crippen molar-refractivity contribution in [3.8, 4) is 0 Å². The molecule has 0 saturated heterocycles. The molecule has 7 heteroatoms. The Morgan fingerprint density at radius 3 is 2.60 bits per heavy atom. The molecule has 0 aliphatic carbocycles. The highest BCUT2D eigenvalue weighted by molar-refractivity contribution is 6.33. The van der Waals surface area contributed by atoms with E-state index in [1.54, 1.807) is 24.3 Å². The van der Waals surface area contributed by atoms with Gasteiger partial charge in [0.25, 0.3) is 5.91 Å². The van der Waals surface area contributed by atoms with E-state index in [2.05, 4.69) is 22.0 Å². The van der Waals surface area contributed by atoms with Crippen LogP contribution >= 0.6 is 24.0 Å². The first kappa shape index (κ1) is 21.5. The Morgan fingerprint density at radius 2 is 2.00 bits per heavy atom. The molecule has 0 bridgehead atoms. The van der Waals surface area contributed by atoms with Crippen molar-refractivity contribution in [3.05, 3.63) is 46.5 Å². The molecule has 0 aromatic heterocycles. The fraction of sp³-hybridized carbons (Fsp3) is 0.444. The zero-order valence-corrected chi connectivity index (χ0v) is 16.0. The largest absolute Gasteiger partial charge is 0.351 e. The minimum atomic E-state index is -0.601. The van der Waals surface area contributed by atoms with Crippen LogP contribution in [0.25, 0.3) is 0 Å². The molecule has 138 valence electrons. The third kappa shape index (κ3) is 6.34. The number of hydrogen-bond donors (Lipinski definition) is 3. The van der Waals surface area contributed by atoms with Crippen LogP contribution in [-0.4, -0.2) is 37.5 Å². The second kappa shape index (κ2) is 10.4. The molecule has 2 amide bonds. The average molecular weight is 386 g/mol. The van der Waals surface area contributed by atoms with Gasteiger partial charge in [-0.25, -0.2) is 0 Å². The van der Waals surface area contributed by atoms with E-state index in [1.807, 2.05) is 13.8 Å². The predicted molar refractivity (Wildman–Crippen MR) is 103 cm³/mol. The van der Waals surface area contributed by atoms with Crippen molar-refractivity contribution in [1.82, 2.24) is 16.0 Å². The summed E-state index contributed by atoms with van der Waals surface area (Å²) in [7, 11) is 0. The Bertz CT molecular complexity index is 633. The highest BCUT2D eigenvalue weighted by Crippen LogP contribution is 2.15. The lowest BCUT2D eigenvalue weighted by Gasteiger charge is -2.23. The van der Waals surface area contributed by atoms with Gasteiger partial charge in [-0.1, -0.05) is 49.2 Å². The second-order valence-electron chi connectivity index (χ2n) is 6.21.